The van der Waals surface area contributed by atoms with E-state index in [2.05, 4.69) is 10.3 Å². The molecule has 0 unspecified atom stereocenters. The number of hydrogen-bond acceptors (Lipinski definition) is 3. The molecule has 17 heavy (non-hydrogen) atoms. The fourth-order valence-electron chi connectivity index (χ4n) is 1.61. The number of benzene rings is 1. The number of rotatable bonds is 4. The van der Waals surface area contributed by atoms with E-state index in [1.807, 2.05) is 32.0 Å². The molecule has 2 aromatic rings. The molecule has 0 aliphatic rings. The van der Waals surface area contributed by atoms with Gasteiger partial charge in [0, 0.05) is 10.6 Å². The lowest BCUT2D eigenvalue weighted by Gasteiger charge is -2.02. The summed E-state index contributed by atoms with van der Waals surface area (Å²) in [7, 11) is 0. The summed E-state index contributed by atoms with van der Waals surface area (Å²) < 4.78 is 5.68. The second-order valence-corrected chi connectivity index (χ2v) is 4.29. The summed E-state index contributed by atoms with van der Waals surface area (Å²) in [5, 5.41) is 3.88. The third-order valence-electron chi connectivity index (χ3n) is 2.54. The van der Waals surface area contributed by atoms with Crippen molar-refractivity contribution < 1.29 is 4.42 Å². The summed E-state index contributed by atoms with van der Waals surface area (Å²) in [5.74, 6) is 1.46. The minimum absolute atomic E-state index is 0.649. The molecule has 0 atom stereocenters. The van der Waals surface area contributed by atoms with E-state index in [1.165, 1.54) is 0 Å². The van der Waals surface area contributed by atoms with E-state index < -0.39 is 0 Å². The highest BCUT2D eigenvalue weighted by Gasteiger charge is 2.09. The normalized spacial score (nSPS) is 10.8. The molecule has 1 aromatic heterocycles. The zero-order chi connectivity index (χ0) is 12.3. The quantitative estimate of drug-likeness (QED) is 0.904. The van der Waals surface area contributed by atoms with Gasteiger partial charge in [0.05, 0.1) is 12.7 Å². The maximum Gasteiger partial charge on any atom is 0.208 e. The SMILES string of the molecule is CCNCc1ncc(-c2cc(Cl)ccc2C)o1. The lowest BCUT2D eigenvalue weighted by molar-refractivity contribution is 0.482. The van der Waals surface area contributed by atoms with Gasteiger partial charge in [0.1, 0.15) is 0 Å². The molecule has 1 aromatic carbocycles. The molecular weight excluding hydrogens is 236 g/mol. The third kappa shape index (κ3) is 2.87. The van der Waals surface area contributed by atoms with Gasteiger partial charge in [-0.2, -0.15) is 0 Å². The maximum absolute atomic E-state index is 5.98. The Morgan fingerprint density at radius 1 is 1.41 bits per heavy atom. The topological polar surface area (TPSA) is 38.1 Å². The average Bonchev–Trinajstić information content (AvgIpc) is 2.78. The van der Waals surface area contributed by atoms with Crippen LogP contribution in [-0.4, -0.2) is 11.5 Å². The number of aryl methyl sites for hydroxylation is 1. The highest BCUT2D eigenvalue weighted by Crippen LogP contribution is 2.27. The summed E-state index contributed by atoms with van der Waals surface area (Å²) in [6.07, 6.45) is 1.74. The van der Waals surface area contributed by atoms with Gasteiger partial charge >= 0.3 is 0 Å². The van der Waals surface area contributed by atoms with Crippen LogP contribution in [0.4, 0.5) is 0 Å². The van der Waals surface area contributed by atoms with E-state index in [-0.39, 0.29) is 0 Å². The Bertz CT molecular complexity index is 508. The molecule has 1 N–H and O–H groups in total. The number of nitrogens with zero attached hydrogens (tertiary/aromatic N) is 1. The number of aromatic nitrogens is 1. The first kappa shape index (κ1) is 12.1. The van der Waals surface area contributed by atoms with Gasteiger partial charge in [-0.3, -0.25) is 0 Å². The van der Waals surface area contributed by atoms with Crippen molar-refractivity contribution in [2.24, 2.45) is 0 Å². The molecule has 1 heterocycles. The maximum atomic E-state index is 5.98. The molecule has 3 nitrogen and oxygen atoms in total. The molecule has 0 aliphatic carbocycles. The van der Waals surface area contributed by atoms with Crippen LogP contribution in [0.1, 0.15) is 18.4 Å². The molecule has 2 rings (SSSR count). The molecular formula is C13H15ClN2O. The second kappa shape index (κ2) is 5.34. The van der Waals surface area contributed by atoms with Crippen LogP contribution in [0.25, 0.3) is 11.3 Å². The summed E-state index contributed by atoms with van der Waals surface area (Å²) in [6, 6.07) is 5.74. The van der Waals surface area contributed by atoms with Gasteiger partial charge in [-0.15, -0.1) is 0 Å². The lowest BCUT2D eigenvalue weighted by Crippen LogP contribution is -2.11. The Labute approximate surface area is 106 Å². The Balaban J connectivity index is 2.27. The van der Waals surface area contributed by atoms with E-state index in [9.17, 15) is 0 Å². The summed E-state index contributed by atoms with van der Waals surface area (Å²) >= 11 is 5.98. The summed E-state index contributed by atoms with van der Waals surface area (Å²) in [4.78, 5) is 4.23. The van der Waals surface area contributed by atoms with Crippen LogP contribution < -0.4 is 5.32 Å². The molecule has 0 fully saturated rings. The van der Waals surface area contributed by atoms with Crippen LogP contribution in [0.15, 0.2) is 28.8 Å². The van der Waals surface area contributed by atoms with Gasteiger partial charge in [0.15, 0.2) is 5.76 Å². The Morgan fingerprint density at radius 2 is 2.24 bits per heavy atom. The van der Waals surface area contributed by atoms with Crippen molar-refractivity contribution in [2.75, 3.05) is 6.54 Å². The minimum Gasteiger partial charge on any atom is -0.439 e. The molecule has 0 saturated carbocycles. The Morgan fingerprint density at radius 3 is 3.00 bits per heavy atom. The summed E-state index contributed by atoms with van der Waals surface area (Å²) in [5.41, 5.74) is 2.12. The molecule has 0 spiro atoms. The standard InChI is InChI=1S/C13H15ClN2O/c1-3-15-8-13-16-7-12(17-13)11-6-10(14)5-4-9(11)2/h4-7,15H,3,8H2,1-2H3. The average molecular weight is 251 g/mol. The van der Waals surface area contributed by atoms with E-state index in [1.54, 1.807) is 6.20 Å². The van der Waals surface area contributed by atoms with Crippen molar-refractivity contribution in [3.05, 3.63) is 40.9 Å². The molecule has 0 amide bonds. The van der Waals surface area contributed by atoms with Crippen LogP contribution in [-0.2, 0) is 6.54 Å². The molecule has 4 heteroatoms. The van der Waals surface area contributed by atoms with Crippen molar-refractivity contribution in [3.8, 4) is 11.3 Å². The number of oxazole rings is 1. The smallest absolute Gasteiger partial charge is 0.208 e. The highest BCUT2D eigenvalue weighted by molar-refractivity contribution is 6.30. The van der Waals surface area contributed by atoms with Crippen LogP contribution in [0.3, 0.4) is 0 Å². The highest BCUT2D eigenvalue weighted by atomic mass is 35.5. The van der Waals surface area contributed by atoms with Crippen molar-refractivity contribution in [2.45, 2.75) is 20.4 Å². The van der Waals surface area contributed by atoms with Gasteiger partial charge in [-0.25, -0.2) is 4.98 Å². The number of hydrogen-bond donors (Lipinski definition) is 1. The van der Waals surface area contributed by atoms with Crippen LogP contribution in [0.2, 0.25) is 5.02 Å². The fraction of sp³-hybridized carbons (Fsp3) is 0.308. The summed E-state index contributed by atoms with van der Waals surface area (Å²) in [6.45, 7) is 5.62. The fourth-order valence-corrected chi connectivity index (χ4v) is 1.78. The van der Waals surface area contributed by atoms with Crippen molar-refractivity contribution in [1.82, 2.24) is 10.3 Å². The predicted octanol–water partition coefficient (Wildman–Crippen LogP) is 3.41. The van der Waals surface area contributed by atoms with Crippen LogP contribution >= 0.6 is 11.6 Å². The molecule has 90 valence electrons. The van der Waals surface area contributed by atoms with Gasteiger partial charge < -0.3 is 9.73 Å². The Kier molecular flexibility index (Phi) is 3.82. The monoisotopic (exact) mass is 250 g/mol. The van der Waals surface area contributed by atoms with Gasteiger partial charge in [-0.05, 0) is 31.2 Å². The first-order chi connectivity index (χ1) is 8.20. The predicted molar refractivity (Wildman–Crippen MR) is 69.1 cm³/mol. The molecule has 0 bridgehead atoms. The van der Waals surface area contributed by atoms with Gasteiger partial charge in [-0.1, -0.05) is 24.6 Å². The zero-order valence-electron chi connectivity index (χ0n) is 9.96. The first-order valence-electron chi connectivity index (χ1n) is 5.62. The van der Waals surface area contributed by atoms with Gasteiger partial charge in [0.2, 0.25) is 5.89 Å². The molecule has 0 aliphatic heterocycles. The van der Waals surface area contributed by atoms with E-state index in [0.717, 1.165) is 23.4 Å². The number of halogens is 1. The molecule has 0 radical (unpaired) electrons. The number of nitrogens with one attached hydrogen (secondary N) is 1. The minimum atomic E-state index is 0.649. The van der Waals surface area contributed by atoms with Crippen molar-refractivity contribution in [1.29, 1.82) is 0 Å². The van der Waals surface area contributed by atoms with Crippen LogP contribution in [0.5, 0.6) is 0 Å². The van der Waals surface area contributed by atoms with Crippen molar-refractivity contribution >= 4 is 11.6 Å². The Hall–Kier alpha value is -1.32. The van der Waals surface area contributed by atoms with E-state index in [4.69, 9.17) is 16.0 Å². The van der Waals surface area contributed by atoms with Crippen LogP contribution in [0, 0.1) is 6.92 Å². The largest absolute Gasteiger partial charge is 0.439 e. The zero-order valence-corrected chi connectivity index (χ0v) is 10.7. The van der Waals surface area contributed by atoms with E-state index >= 15 is 0 Å². The van der Waals surface area contributed by atoms with Gasteiger partial charge in [0.25, 0.3) is 0 Å². The second-order valence-electron chi connectivity index (χ2n) is 3.86. The lowest BCUT2D eigenvalue weighted by atomic mass is 10.1. The molecule has 0 saturated heterocycles. The third-order valence-corrected chi connectivity index (χ3v) is 2.78. The first-order valence-corrected chi connectivity index (χ1v) is 6.00. The van der Waals surface area contributed by atoms with Crippen molar-refractivity contribution in [3.63, 3.8) is 0 Å². The van der Waals surface area contributed by atoms with E-state index in [0.29, 0.717) is 17.5 Å².